The summed E-state index contributed by atoms with van der Waals surface area (Å²) < 4.78 is 27.3. The quantitative estimate of drug-likeness (QED) is 0.779. The molecule has 1 heterocycles. The number of piperidine rings is 1. The third-order valence-electron chi connectivity index (χ3n) is 5.77. The van der Waals surface area contributed by atoms with Gasteiger partial charge < -0.3 is 5.32 Å². The number of rotatable bonds is 5. The van der Waals surface area contributed by atoms with Gasteiger partial charge in [-0.05, 0) is 60.1 Å². The normalized spacial score (nSPS) is 16.4. The molecule has 2 aromatic carbocycles. The summed E-state index contributed by atoms with van der Waals surface area (Å²) in [7, 11) is -3.49. The first-order valence-electron chi connectivity index (χ1n) is 10.6. The van der Waals surface area contributed by atoms with E-state index in [0.29, 0.717) is 36.4 Å². The number of hydrogen-bond donors (Lipinski definition) is 1. The average Bonchev–Trinajstić information content (AvgIpc) is 2.73. The van der Waals surface area contributed by atoms with Gasteiger partial charge in [0.05, 0.1) is 4.90 Å². The molecule has 1 fully saturated rings. The largest absolute Gasteiger partial charge is 0.349 e. The SMILES string of the molecule is CCc1ccc(S(=O)(=O)N2CCC(NC(=O)c3ccc(C(C)(C)C)cc3)CC2)cc1. The Morgan fingerprint density at radius 3 is 2.07 bits per heavy atom. The van der Waals surface area contributed by atoms with E-state index < -0.39 is 10.0 Å². The second-order valence-corrected chi connectivity index (χ2v) is 10.9. The van der Waals surface area contributed by atoms with Crippen LogP contribution in [-0.2, 0) is 21.9 Å². The third-order valence-corrected chi connectivity index (χ3v) is 7.68. The molecule has 1 aliphatic heterocycles. The molecular formula is C24H32N2O3S. The van der Waals surface area contributed by atoms with Gasteiger partial charge in [0.1, 0.15) is 0 Å². The molecule has 1 aliphatic rings. The summed E-state index contributed by atoms with van der Waals surface area (Å²) in [6.07, 6.45) is 2.10. The summed E-state index contributed by atoms with van der Waals surface area (Å²) >= 11 is 0. The minimum atomic E-state index is -3.49. The lowest BCUT2D eigenvalue weighted by Gasteiger charge is -2.31. The number of benzene rings is 2. The van der Waals surface area contributed by atoms with Gasteiger partial charge in [-0.1, -0.05) is 52.0 Å². The van der Waals surface area contributed by atoms with E-state index in [-0.39, 0.29) is 17.4 Å². The molecule has 1 N–H and O–H groups in total. The average molecular weight is 429 g/mol. The molecule has 0 aromatic heterocycles. The Kier molecular flexibility index (Phi) is 6.68. The van der Waals surface area contributed by atoms with Crippen molar-refractivity contribution in [2.24, 2.45) is 0 Å². The van der Waals surface area contributed by atoms with Gasteiger partial charge in [0, 0.05) is 24.7 Å². The van der Waals surface area contributed by atoms with Crippen LogP contribution < -0.4 is 5.32 Å². The fourth-order valence-electron chi connectivity index (χ4n) is 3.68. The Balaban J connectivity index is 1.58. The van der Waals surface area contributed by atoms with Gasteiger partial charge in [0.15, 0.2) is 0 Å². The lowest BCUT2D eigenvalue weighted by Crippen LogP contribution is -2.46. The van der Waals surface area contributed by atoms with E-state index in [2.05, 4.69) is 26.1 Å². The van der Waals surface area contributed by atoms with E-state index in [1.165, 1.54) is 9.87 Å². The highest BCUT2D eigenvalue weighted by Gasteiger charge is 2.30. The van der Waals surface area contributed by atoms with Crippen molar-refractivity contribution < 1.29 is 13.2 Å². The van der Waals surface area contributed by atoms with Crippen LogP contribution in [0.1, 0.15) is 62.0 Å². The smallest absolute Gasteiger partial charge is 0.251 e. The summed E-state index contributed by atoms with van der Waals surface area (Å²) in [5, 5.41) is 3.06. The second kappa shape index (κ2) is 8.90. The van der Waals surface area contributed by atoms with Crippen LogP contribution in [0.3, 0.4) is 0 Å². The van der Waals surface area contributed by atoms with Crippen LogP contribution in [0.25, 0.3) is 0 Å². The minimum Gasteiger partial charge on any atom is -0.349 e. The van der Waals surface area contributed by atoms with Gasteiger partial charge in [-0.3, -0.25) is 4.79 Å². The van der Waals surface area contributed by atoms with Crippen molar-refractivity contribution >= 4 is 15.9 Å². The van der Waals surface area contributed by atoms with E-state index in [4.69, 9.17) is 0 Å². The van der Waals surface area contributed by atoms with E-state index in [0.717, 1.165) is 12.0 Å². The van der Waals surface area contributed by atoms with Crippen molar-refractivity contribution in [1.29, 1.82) is 0 Å². The van der Waals surface area contributed by atoms with Gasteiger partial charge >= 0.3 is 0 Å². The summed E-state index contributed by atoms with van der Waals surface area (Å²) in [6.45, 7) is 9.28. The lowest BCUT2D eigenvalue weighted by atomic mass is 9.86. The Morgan fingerprint density at radius 1 is 1.00 bits per heavy atom. The zero-order valence-electron chi connectivity index (χ0n) is 18.3. The molecule has 6 heteroatoms. The molecule has 0 radical (unpaired) electrons. The molecule has 1 saturated heterocycles. The molecular weight excluding hydrogens is 396 g/mol. The first-order valence-corrected chi connectivity index (χ1v) is 12.1. The van der Waals surface area contributed by atoms with Gasteiger partial charge in [0.25, 0.3) is 5.91 Å². The van der Waals surface area contributed by atoms with Crippen LogP contribution in [0.15, 0.2) is 53.4 Å². The number of amides is 1. The van der Waals surface area contributed by atoms with Crippen molar-refractivity contribution in [3.8, 4) is 0 Å². The third kappa shape index (κ3) is 5.10. The van der Waals surface area contributed by atoms with Crippen LogP contribution in [-0.4, -0.2) is 37.8 Å². The fourth-order valence-corrected chi connectivity index (χ4v) is 5.15. The maximum Gasteiger partial charge on any atom is 0.251 e. The zero-order valence-corrected chi connectivity index (χ0v) is 19.1. The molecule has 0 unspecified atom stereocenters. The van der Waals surface area contributed by atoms with Gasteiger partial charge in [-0.15, -0.1) is 0 Å². The van der Waals surface area contributed by atoms with Crippen LogP contribution >= 0.6 is 0 Å². The first kappa shape index (κ1) is 22.5. The second-order valence-electron chi connectivity index (χ2n) is 8.98. The number of nitrogens with one attached hydrogen (secondary N) is 1. The van der Waals surface area contributed by atoms with E-state index in [1.807, 2.05) is 43.3 Å². The van der Waals surface area contributed by atoms with Crippen LogP contribution in [0.2, 0.25) is 0 Å². The molecule has 0 aliphatic carbocycles. The Labute approximate surface area is 180 Å². The van der Waals surface area contributed by atoms with Crippen molar-refractivity contribution in [3.63, 3.8) is 0 Å². The maximum absolute atomic E-state index is 12.9. The molecule has 0 bridgehead atoms. The molecule has 2 aromatic rings. The number of aryl methyl sites for hydroxylation is 1. The Hall–Kier alpha value is -2.18. The summed E-state index contributed by atoms with van der Waals surface area (Å²) in [5.74, 6) is -0.105. The van der Waals surface area contributed by atoms with Crippen molar-refractivity contribution in [3.05, 3.63) is 65.2 Å². The number of hydrogen-bond acceptors (Lipinski definition) is 3. The van der Waals surface area contributed by atoms with Crippen LogP contribution in [0, 0.1) is 0 Å². The van der Waals surface area contributed by atoms with Gasteiger partial charge in [-0.25, -0.2) is 8.42 Å². The first-order chi connectivity index (χ1) is 14.1. The minimum absolute atomic E-state index is 0.0197. The van der Waals surface area contributed by atoms with Crippen LogP contribution in [0.5, 0.6) is 0 Å². The zero-order chi connectivity index (χ0) is 21.9. The van der Waals surface area contributed by atoms with E-state index in [1.54, 1.807) is 12.1 Å². The lowest BCUT2D eigenvalue weighted by molar-refractivity contribution is 0.0924. The Morgan fingerprint density at radius 2 is 1.57 bits per heavy atom. The molecule has 30 heavy (non-hydrogen) atoms. The predicted molar refractivity (Wildman–Crippen MR) is 120 cm³/mol. The van der Waals surface area contributed by atoms with Crippen molar-refractivity contribution in [2.45, 2.75) is 63.3 Å². The number of sulfonamides is 1. The maximum atomic E-state index is 12.9. The molecule has 1 amide bonds. The van der Waals surface area contributed by atoms with Gasteiger partial charge in [0.2, 0.25) is 10.0 Å². The number of carbonyl (C=O) groups is 1. The highest BCUT2D eigenvalue weighted by Crippen LogP contribution is 2.23. The number of nitrogens with zero attached hydrogens (tertiary/aromatic N) is 1. The molecule has 0 atom stereocenters. The summed E-state index contributed by atoms with van der Waals surface area (Å²) in [4.78, 5) is 12.9. The van der Waals surface area contributed by atoms with Crippen molar-refractivity contribution in [2.75, 3.05) is 13.1 Å². The monoisotopic (exact) mass is 428 g/mol. The van der Waals surface area contributed by atoms with Gasteiger partial charge in [-0.2, -0.15) is 4.31 Å². The highest BCUT2D eigenvalue weighted by atomic mass is 32.2. The van der Waals surface area contributed by atoms with Crippen LogP contribution in [0.4, 0.5) is 0 Å². The predicted octanol–water partition coefficient (Wildman–Crippen LogP) is 4.13. The van der Waals surface area contributed by atoms with Crippen molar-refractivity contribution in [1.82, 2.24) is 9.62 Å². The van der Waals surface area contributed by atoms with E-state index >= 15 is 0 Å². The molecule has 5 nitrogen and oxygen atoms in total. The molecule has 162 valence electrons. The molecule has 0 saturated carbocycles. The standard InChI is InChI=1S/C24H32N2O3S/c1-5-18-6-12-22(13-7-18)30(28,29)26-16-14-21(15-17-26)25-23(27)19-8-10-20(11-9-19)24(2,3)4/h6-13,21H,5,14-17H2,1-4H3,(H,25,27). The summed E-state index contributed by atoms with van der Waals surface area (Å²) in [5.41, 5.74) is 2.98. The Bertz CT molecular complexity index is 967. The molecule has 3 rings (SSSR count). The topological polar surface area (TPSA) is 66.5 Å². The van der Waals surface area contributed by atoms with E-state index in [9.17, 15) is 13.2 Å². The fraction of sp³-hybridized carbons (Fsp3) is 0.458. The number of carbonyl (C=O) groups excluding carboxylic acids is 1. The molecule has 0 spiro atoms. The highest BCUT2D eigenvalue weighted by molar-refractivity contribution is 7.89. The summed E-state index contributed by atoms with van der Waals surface area (Å²) in [6, 6.07) is 14.8.